The van der Waals surface area contributed by atoms with Crippen molar-refractivity contribution >= 4 is 56.2 Å². The monoisotopic (exact) mass is 543 g/mol. The highest BCUT2D eigenvalue weighted by molar-refractivity contribution is 7.98. The molecule has 1 heterocycles. The van der Waals surface area contributed by atoms with Crippen molar-refractivity contribution in [1.82, 2.24) is 9.71 Å². The summed E-state index contributed by atoms with van der Waals surface area (Å²) in [5.74, 6) is 0.323. The Labute approximate surface area is 214 Å². The molecule has 0 radical (unpaired) electrons. The maximum Gasteiger partial charge on any atom is 0.310 e. The highest BCUT2D eigenvalue weighted by Gasteiger charge is 2.13. The second-order valence-corrected chi connectivity index (χ2v) is 11.3. The molecule has 0 saturated carbocycles. The second kappa shape index (κ2) is 14.7. The average Bonchev–Trinajstić information content (AvgIpc) is 3.16. The number of hydrogen-bond donors (Lipinski definition) is 7. The smallest absolute Gasteiger partial charge is 0.310 e. The van der Waals surface area contributed by atoms with Gasteiger partial charge in [0.15, 0.2) is 11.1 Å². The molecule has 0 aliphatic carbocycles. The number of thiazole rings is 1. The van der Waals surface area contributed by atoms with E-state index in [1.54, 1.807) is 6.92 Å². The van der Waals surface area contributed by atoms with Gasteiger partial charge in [0.2, 0.25) is 0 Å². The van der Waals surface area contributed by atoms with Gasteiger partial charge >= 0.3 is 5.97 Å². The molecule has 0 aliphatic heterocycles. The summed E-state index contributed by atoms with van der Waals surface area (Å²) in [6, 6.07) is 7.87. The van der Waals surface area contributed by atoms with Crippen LogP contribution < -0.4 is 20.9 Å². The zero-order valence-corrected chi connectivity index (χ0v) is 22.3. The summed E-state index contributed by atoms with van der Waals surface area (Å²) >= 11 is 2.85. The minimum Gasteiger partial charge on any atom is -0.481 e. The summed E-state index contributed by atoms with van der Waals surface area (Å²) in [7, 11) is -3.86. The van der Waals surface area contributed by atoms with Gasteiger partial charge in [-0.25, -0.2) is 10.1 Å². The molecule has 0 amide bonds. The van der Waals surface area contributed by atoms with Crippen LogP contribution in [-0.4, -0.2) is 42.0 Å². The number of nitrogens with zero attached hydrogens (tertiary/aromatic N) is 1. The molecule has 1 aromatic heterocycles. The number of nitrogens with one attached hydrogen (secondary N) is 4. The Kier molecular flexibility index (Phi) is 12.7. The van der Waals surface area contributed by atoms with Gasteiger partial charge in [-0.3, -0.25) is 20.3 Å². The molecular formula is C21H33N7O4S3. The fourth-order valence-corrected chi connectivity index (χ4v) is 4.80. The third-order valence-electron chi connectivity index (χ3n) is 4.30. The molecule has 35 heavy (non-hydrogen) atoms. The van der Waals surface area contributed by atoms with Crippen LogP contribution in [0.15, 0.2) is 29.6 Å². The zero-order valence-electron chi connectivity index (χ0n) is 19.9. The van der Waals surface area contributed by atoms with Crippen LogP contribution in [0.5, 0.6) is 0 Å². The van der Waals surface area contributed by atoms with Crippen LogP contribution in [0.25, 0.3) is 0 Å². The first kappa shape index (κ1) is 30.4. The van der Waals surface area contributed by atoms with Crippen LogP contribution in [0.1, 0.15) is 49.9 Å². The van der Waals surface area contributed by atoms with E-state index in [2.05, 4.69) is 24.1 Å². The van der Waals surface area contributed by atoms with E-state index in [4.69, 9.17) is 26.8 Å². The van der Waals surface area contributed by atoms with E-state index in [0.29, 0.717) is 22.6 Å². The number of hydrogen-bond acceptors (Lipinski definition) is 8. The van der Waals surface area contributed by atoms with E-state index in [1.165, 1.54) is 28.7 Å². The minimum atomic E-state index is -3.86. The van der Waals surface area contributed by atoms with Gasteiger partial charge in [-0.15, -0.1) is 11.3 Å². The molecule has 1 unspecified atom stereocenters. The number of nitrogens with two attached hydrogens (primary N) is 2. The van der Waals surface area contributed by atoms with Gasteiger partial charge in [0, 0.05) is 23.3 Å². The summed E-state index contributed by atoms with van der Waals surface area (Å²) in [5.41, 5.74) is 8.15. The van der Waals surface area contributed by atoms with Crippen molar-refractivity contribution in [3.63, 3.8) is 0 Å². The van der Waals surface area contributed by atoms with Crippen LogP contribution in [0.2, 0.25) is 0 Å². The van der Waals surface area contributed by atoms with Crippen molar-refractivity contribution in [2.24, 2.45) is 16.8 Å². The van der Waals surface area contributed by atoms with Gasteiger partial charge in [-0.1, -0.05) is 38.1 Å². The van der Waals surface area contributed by atoms with Gasteiger partial charge in [-0.2, -0.15) is 20.2 Å². The number of rotatable bonds is 11. The number of benzene rings is 1. The first-order valence-electron chi connectivity index (χ1n) is 10.6. The average molecular weight is 544 g/mol. The molecule has 0 aliphatic rings. The maximum atomic E-state index is 10.8. The van der Waals surface area contributed by atoms with Crippen molar-refractivity contribution in [1.29, 1.82) is 10.8 Å². The summed E-state index contributed by atoms with van der Waals surface area (Å²) in [6.07, 6.45) is 1.31. The first-order chi connectivity index (χ1) is 16.3. The molecule has 2 aromatic rings. The zero-order chi connectivity index (χ0) is 26.6. The molecule has 0 bridgehead atoms. The number of amidine groups is 1. The Hall–Kier alpha value is -2.68. The van der Waals surface area contributed by atoms with E-state index in [0.717, 1.165) is 17.7 Å². The predicted octanol–water partition coefficient (Wildman–Crippen LogP) is 2.92. The quantitative estimate of drug-likeness (QED) is 0.127. The summed E-state index contributed by atoms with van der Waals surface area (Å²) < 4.78 is 23.2. The van der Waals surface area contributed by atoms with E-state index in [9.17, 15) is 13.2 Å². The Balaban J connectivity index is 0.000000365. The molecule has 1 aromatic carbocycles. The Morgan fingerprint density at radius 3 is 2.37 bits per heavy atom. The number of aliphatic carboxylic acids is 1. The van der Waals surface area contributed by atoms with E-state index >= 15 is 0 Å². The standard InChI is InChI=1S/C13H18O2.C8H15N7O2S3/c1-9(2)8-11-4-6-12(7-5-11)10(3)13(14)15;9-6(15-20(12,16)17)1-2-18-3-5-4-19-8(13-5)14-7(10)11/h4-7,9-10H,8H2,1-3H3,(H,14,15);4H,1-3H2,(H2,9,15)(H2,12,16,17)(H4,10,11,13,14). The molecular weight excluding hydrogens is 510 g/mol. The molecule has 2 rings (SSSR count). The van der Waals surface area contributed by atoms with Gasteiger partial charge < -0.3 is 16.2 Å². The van der Waals surface area contributed by atoms with E-state index in [-0.39, 0.29) is 18.2 Å². The lowest BCUT2D eigenvalue weighted by molar-refractivity contribution is -0.138. The molecule has 0 fully saturated rings. The van der Waals surface area contributed by atoms with Crippen LogP contribution in [-0.2, 0) is 27.2 Å². The number of carboxylic acid groups (broad SMARTS) is 1. The number of aromatic nitrogens is 1. The van der Waals surface area contributed by atoms with Crippen molar-refractivity contribution in [3.05, 3.63) is 46.5 Å². The van der Waals surface area contributed by atoms with Crippen molar-refractivity contribution < 1.29 is 18.3 Å². The number of anilines is 1. The lowest BCUT2D eigenvalue weighted by atomic mass is 9.97. The SMILES string of the molecule is CC(C)Cc1ccc(C(C)C(=O)O)cc1.N=C(N)Nc1nc(CSCCC(=N)NS(N)(=O)=O)cs1. The predicted molar refractivity (Wildman–Crippen MR) is 143 cm³/mol. The van der Waals surface area contributed by atoms with Gasteiger partial charge in [-0.05, 0) is 30.4 Å². The normalized spacial score (nSPS) is 11.8. The molecule has 14 heteroatoms. The highest BCUT2D eigenvalue weighted by atomic mass is 32.2. The molecule has 0 saturated heterocycles. The summed E-state index contributed by atoms with van der Waals surface area (Å²) in [5, 5.41) is 33.0. The third kappa shape index (κ3) is 13.7. The van der Waals surface area contributed by atoms with Gasteiger partial charge in [0.25, 0.3) is 10.2 Å². The maximum absolute atomic E-state index is 10.8. The lowest BCUT2D eigenvalue weighted by Crippen LogP contribution is -2.35. The topological polar surface area (TPSA) is 208 Å². The van der Waals surface area contributed by atoms with Crippen LogP contribution >= 0.6 is 23.1 Å². The van der Waals surface area contributed by atoms with Crippen LogP contribution in [0.3, 0.4) is 0 Å². The molecule has 9 N–H and O–H groups in total. The first-order valence-corrected chi connectivity index (χ1v) is 14.2. The summed E-state index contributed by atoms with van der Waals surface area (Å²) in [6.45, 7) is 6.06. The van der Waals surface area contributed by atoms with Crippen LogP contribution in [0.4, 0.5) is 5.13 Å². The molecule has 1 atom stereocenters. The van der Waals surface area contributed by atoms with Crippen molar-refractivity contribution in [3.8, 4) is 0 Å². The number of guanidine groups is 1. The van der Waals surface area contributed by atoms with Crippen molar-refractivity contribution in [2.75, 3.05) is 11.1 Å². The molecule has 11 nitrogen and oxygen atoms in total. The Morgan fingerprint density at radius 2 is 1.86 bits per heavy atom. The number of carbonyl (C=O) groups is 1. The van der Waals surface area contributed by atoms with E-state index < -0.39 is 22.1 Å². The van der Waals surface area contributed by atoms with Gasteiger partial charge in [0.1, 0.15) is 5.84 Å². The number of thioether (sulfide) groups is 1. The number of carboxylic acids is 1. The van der Waals surface area contributed by atoms with E-state index in [1.807, 2.05) is 34.4 Å². The molecule has 194 valence electrons. The summed E-state index contributed by atoms with van der Waals surface area (Å²) in [4.78, 5) is 15.0. The Bertz CT molecular complexity index is 1090. The largest absolute Gasteiger partial charge is 0.481 e. The van der Waals surface area contributed by atoms with Gasteiger partial charge in [0.05, 0.1) is 11.6 Å². The minimum absolute atomic E-state index is 0.141. The third-order valence-corrected chi connectivity index (χ3v) is 6.63. The van der Waals surface area contributed by atoms with Crippen molar-refractivity contribution in [2.45, 2.75) is 45.3 Å². The molecule has 0 spiro atoms. The lowest BCUT2D eigenvalue weighted by Gasteiger charge is -2.09. The second-order valence-electron chi connectivity index (χ2n) is 8.01. The highest BCUT2D eigenvalue weighted by Crippen LogP contribution is 2.20. The fraction of sp³-hybridized carbons (Fsp3) is 0.429. The fourth-order valence-electron chi connectivity index (χ4n) is 2.68. The Morgan fingerprint density at radius 1 is 1.23 bits per heavy atom. The van der Waals surface area contributed by atoms with Crippen LogP contribution in [0, 0.1) is 16.7 Å².